The first-order valence-corrected chi connectivity index (χ1v) is 6.66. The molecule has 0 aromatic carbocycles. The number of rotatable bonds is 5. The number of methoxy groups -OCH3 is 1. The van der Waals surface area contributed by atoms with Crippen LogP contribution in [-0.4, -0.2) is 36.3 Å². The van der Waals surface area contributed by atoms with Gasteiger partial charge < -0.3 is 14.8 Å². The molecule has 20 heavy (non-hydrogen) atoms. The van der Waals surface area contributed by atoms with E-state index in [-0.39, 0.29) is 23.8 Å². The van der Waals surface area contributed by atoms with Crippen molar-refractivity contribution in [1.29, 1.82) is 0 Å². The predicted molar refractivity (Wildman–Crippen MR) is 74.1 cm³/mol. The quantitative estimate of drug-likeness (QED) is 0.658. The lowest BCUT2D eigenvalue weighted by atomic mass is 9.95. The summed E-state index contributed by atoms with van der Waals surface area (Å²) < 4.78 is 11.1. The number of nitrogens with zero attached hydrogens (tertiary/aromatic N) is 2. The van der Waals surface area contributed by atoms with Crippen molar-refractivity contribution in [1.82, 2.24) is 4.98 Å². The van der Waals surface area contributed by atoms with Gasteiger partial charge in [-0.25, -0.2) is 0 Å². The summed E-state index contributed by atoms with van der Waals surface area (Å²) >= 11 is 0. The van der Waals surface area contributed by atoms with Crippen LogP contribution in [0, 0.1) is 10.1 Å². The van der Waals surface area contributed by atoms with Crippen LogP contribution in [0.3, 0.4) is 0 Å². The molecule has 1 aromatic heterocycles. The number of nitrogens with one attached hydrogen (secondary N) is 1. The SMILES string of the molecule is CNc1ccc([N+](=O)[O-])c(OC2CCCC(OC)C2)n1. The van der Waals surface area contributed by atoms with E-state index in [1.165, 1.54) is 6.07 Å². The Morgan fingerprint density at radius 1 is 1.40 bits per heavy atom. The van der Waals surface area contributed by atoms with Crippen LogP contribution in [0.25, 0.3) is 0 Å². The smallest absolute Gasteiger partial charge is 0.331 e. The molecule has 2 rings (SSSR count). The molecule has 1 aromatic rings. The molecule has 1 aliphatic rings. The third kappa shape index (κ3) is 3.36. The third-order valence-electron chi connectivity index (χ3n) is 3.48. The van der Waals surface area contributed by atoms with Crippen molar-refractivity contribution in [2.75, 3.05) is 19.5 Å². The standard InChI is InChI=1S/C13H19N3O4/c1-14-12-7-6-11(16(17)18)13(15-12)20-10-5-3-4-9(8-10)19-2/h6-7,9-10H,3-5,8H2,1-2H3,(H,14,15). The number of nitro groups is 1. The zero-order valence-corrected chi connectivity index (χ0v) is 11.7. The summed E-state index contributed by atoms with van der Waals surface area (Å²) in [6, 6.07) is 2.97. The molecule has 7 nitrogen and oxygen atoms in total. The van der Waals surface area contributed by atoms with Crippen molar-refractivity contribution in [2.24, 2.45) is 0 Å². The van der Waals surface area contributed by atoms with Gasteiger partial charge in [-0.3, -0.25) is 10.1 Å². The van der Waals surface area contributed by atoms with E-state index in [1.807, 2.05) is 0 Å². The topological polar surface area (TPSA) is 86.5 Å². The molecule has 0 amide bonds. The van der Waals surface area contributed by atoms with Crippen molar-refractivity contribution in [2.45, 2.75) is 37.9 Å². The molecular formula is C13H19N3O4. The summed E-state index contributed by atoms with van der Waals surface area (Å²) in [5, 5.41) is 13.9. The molecule has 0 saturated heterocycles. The fourth-order valence-corrected chi connectivity index (χ4v) is 2.38. The minimum atomic E-state index is -0.474. The van der Waals surface area contributed by atoms with Gasteiger partial charge >= 0.3 is 5.69 Å². The van der Waals surface area contributed by atoms with Crippen LogP contribution in [0.15, 0.2) is 12.1 Å². The Labute approximate surface area is 117 Å². The first-order chi connectivity index (χ1) is 9.63. The average molecular weight is 281 g/mol. The molecule has 2 atom stereocenters. The fraction of sp³-hybridized carbons (Fsp3) is 0.615. The number of hydrogen-bond donors (Lipinski definition) is 1. The first-order valence-electron chi connectivity index (χ1n) is 6.66. The van der Waals surface area contributed by atoms with Gasteiger partial charge in [-0.2, -0.15) is 4.98 Å². The summed E-state index contributed by atoms with van der Waals surface area (Å²) in [6.45, 7) is 0. The van der Waals surface area contributed by atoms with E-state index < -0.39 is 4.92 Å². The van der Waals surface area contributed by atoms with Crippen LogP contribution in [0.4, 0.5) is 11.5 Å². The number of hydrogen-bond acceptors (Lipinski definition) is 6. The molecule has 2 unspecified atom stereocenters. The lowest BCUT2D eigenvalue weighted by molar-refractivity contribution is -0.386. The van der Waals surface area contributed by atoms with Gasteiger partial charge in [0.15, 0.2) is 0 Å². The molecule has 1 heterocycles. The summed E-state index contributed by atoms with van der Waals surface area (Å²) in [5.74, 6) is 0.619. The largest absolute Gasteiger partial charge is 0.469 e. The lowest BCUT2D eigenvalue weighted by Crippen LogP contribution is -2.30. The second-order valence-corrected chi connectivity index (χ2v) is 4.79. The third-order valence-corrected chi connectivity index (χ3v) is 3.48. The Hall–Kier alpha value is -1.89. The van der Waals surface area contributed by atoms with Gasteiger partial charge in [-0.1, -0.05) is 0 Å². The molecule has 0 radical (unpaired) electrons. The molecule has 0 aliphatic heterocycles. The Bertz CT molecular complexity index is 481. The van der Waals surface area contributed by atoms with Gasteiger partial charge in [0.05, 0.1) is 11.0 Å². The van der Waals surface area contributed by atoms with Crippen LogP contribution in [0.1, 0.15) is 25.7 Å². The van der Waals surface area contributed by atoms with E-state index in [1.54, 1.807) is 20.2 Å². The molecule has 0 bridgehead atoms. The monoisotopic (exact) mass is 281 g/mol. The maximum atomic E-state index is 11.0. The number of anilines is 1. The second-order valence-electron chi connectivity index (χ2n) is 4.79. The normalized spacial score (nSPS) is 22.3. The Kier molecular flexibility index (Phi) is 4.73. The Morgan fingerprint density at radius 2 is 2.15 bits per heavy atom. The second kappa shape index (κ2) is 6.51. The highest BCUT2D eigenvalue weighted by Crippen LogP contribution is 2.30. The predicted octanol–water partition coefficient (Wildman–Crippen LogP) is 2.37. The summed E-state index contributed by atoms with van der Waals surface area (Å²) in [4.78, 5) is 14.7. The van der Waals surface area contributed by atoms with Crippen molar-refractivity contribution >= 4 is 11.5 Å². The molecule has 7 heteroatoms. The van der Waals surface area contributed by atoms with Gasteiger partial charge in [-0.15, -0.1) is 0 Å². The summed E-state index contributed by atoms with van der Waals surface area (Å²) in [7, 11) is 3.38. The van der Waals surface area contributed by atoms with Crippen LogP contribution < -0.4 is 10.1 Å². The minimum Gasteiger partial charge on any atom is -0.469 e. The first kappa shape index (κ1) is 14.5. The maximum Gasteiger partial charge on any atom is 0.331 e. The van der Waals surface area contributed by atoms with Crippen molar-refractivity contribution < 1.29 is 14.4 Å². The highest BCUT2D eigenvalue weighted by Gasteiger charge is 2.26. The highest BCUT2D eigenvalue weighted by molar-refractivity contribution is 5.48. The Balaban J connectivity index is 2.16. The van der Waals surface area contributed by atoms with Gasteiger partial charge in [0.2, 0.25) is 0 Å². The van der Waals surface area contributed by atoms with Crippen molar-refractivity contribution in [3.05, 3.63) is 22.2 Å². The zero-order chi connectivity index (χ0) is 14.5. The number of pyridine rings is 1. The van der Waals surface area contributed by atoms with E-state index in [4.69, 9.17) is 9.47 Å². The van der Waals surface area contributed by atoms with Gasteiger partial charge in [-0.05, 0) is 25.3 Å². The Morgan fingerprint density at radius 3 is 2.80 bits per heavy atom. The van der Waals surface area contributed by atoms with Crippen LogP contribution in [0.5, 0.6) is 5.88 Å². The zero-order valence-electron chi connectivity index (χ0n) is 11.7. The molecule has 1 aliphatic carbocycles. The molecule has 1 fully saturated rings. The number of ether oxygens (including phenoxy) is 2. The van der Waals surface area contributed by atoms with Crippen LogP contribution in [0.2, 0.25) is 0 Å². The maximum absolute atomic E-state index is 11.0. The van der Waals surface area contributed by atoms with Crippen LogP contribution >= 0.6 is 0 Å². The van der Waals surface area contributed by atoms with E-state index in [0.717, 1.165) is 25.7 Å². The average Bonchev–Trinajstić information content (AvgIpc) is 2.47. The van der Waals surface area contributed by atoms with Crippen molar-refractivity contribution in [3.8, 4) is 5.88 Å². The van der Waals surface area contributed by atoms with Gasteiger partial charge in [0.25, 0.3) is 5.88 Å². The van der Waals surface area contributed by atoms with Gasteiger partial charge in [0.1, 0.15) is 11.9 Å². The van der Waals surface area contributed by atoms with E-state index in [0.29, 0.717) is 5.82 Å². The molecular weight excluding hydrogens is 262 g/mol. The van der Waals surface area contributed by atoms with Crippen molar-refractivity contribution in [3.63, 3.8) is 0 Å². The molecule has 1 N–H and O–H groups in total. The molecule has 1 saturated carbocycles. The fourth-order valence-electron chi connectivity index (χ4n) is 2.38. The van der Waals surface area contributed by atoms with Crippen LogP contribution in [-0.2, 0) is 4.74 Å². The molecule has 110 valence electrons. The minimum absolute atomic E-state index is 0.0728. The summed E-state index contributed by atoms with van der Waals surface area (Å²) in [5.41, 5.74) is -0.108. The van der Waals surface area contributed by atoms with Gasteiger partial charge in [0, 0.05) is 26.6 Å². The van der Waals surface area contributed by atoms with E-state index in [2.05, 4.69) is 10.3 Å². The summed E-state index contributed by atoms with van der Waals surface area (Å²) in [6.07, 6.45) is 3.65. The van der Waals surface area contributed by atoms with E-state index in [9.17, 15) is 10.1 Å². The van der Waals surface area contributed by atoms with E-state index >= 15 is 0 Å². The molecule has 0 spiro atoms. The lowest BCUT2D eigenvalue weighted by Gasteiger charge is -2.28. The highest BCUT2D eigenvalue weighted by atomic mass is 16.6. The number of aromatic nitrogens is 1.